The van der Waals surface area contributed by atoms with E-state index in [2.05, 4.69) is 15.4 Å². The van der Waals surface area contributed by atoms with Gasteiger partial charge < -0.3 is 25.2 Å². The summed E-state index contributed by atoms with van der Waals surface area (Å²) in [7, 11) is 1.19. The van der Waals surface area contributed by atoms with E-state index in [0.29, 0.717) is 13.2 Å². The van der Waals surface area contributed by atoms with E-state index in [4.69, 9.17) is 9.84 Å². The highest BCUT2D eigenvalue weighted by atomic mass is 16.5. The standard InChI is InChI=1S/C9H16N2O5/c1-15-9(14)6(4-12)11-8(13)7-5-16-3-2-10-7/h6-7,10,12H,2-5H2,1H3,(H,11,13)/t6?,7-/m1/s1. The molecule has 0 aromatic rings. The average Bonchev–Trinajstić information content (AvgIpc) is 2.35. The summed E-state index contributed by atoms with van der Waals surface area (Å²) in [6.45, 7) is 0.904. The summed E-state index contributed by atoms with van der Waals surface area (Å²) in [6, 6.07) is -1.52. The third-order valence-electron chi connectivity index (χ3n) is 2.22. The van der Waals surface area contributed by atoms with Crippen LogP contribution in [0.25, 0.3) is 0 Å². The smallest absolute Gasteiger partial charge is 0.330 e. The van der Waals surface area contributed by atoms with Crippen LogP contribution in [0.5, 0.6) is 0 Å². The summed E-state index contributed by atoms with van der Waals surface area (Å²) in [5.74, 6) is -1.06. The summed E-state index contributed by atoms with van der Waals surface area (Å²) < 4.78 is 9.53. The minimum atomic E-state index is -1.03. The lowest BCUT2D eigenvalue weighted by Gasteiger charge is -2.24. The highest BCUT2D eigenvalue weighted by molar-refractivity contribution is 5.87. The molecule has 2 atom stereocenters. The number of carbonyl (C=O) groups is 2. The molecule has 1 fully saturated rings. The van der Waals surface area contributed by atoms with Crippen LogP contribution in [0.2, 0.25) is 0 Å². The fourth-order valence-electron chi connectivity index (χ4n) is 1.33. The molecule has 1 rings (SSSR count). The zero-order chi connectivity index (χ0) is 12.0. The van der Waals surface area contributed by atoms with Crippen LogP contribution in [0.4, 0.5) is 0 Å². The molecule has 0 spiro atoms. The van der Waals surface area contributed by atoms with Gasteiger partial charge in [0, 0.05) is 6.54 Å². The molecule has 3 N–H and O–H groups in total. The SMILES string of the molecule is COC(=O)C(CO)NC(=O)[C@H]1COCCN1. The van der Waals surface area contributed by atoms with Gasteiger partial charge in [0.25, 0.3) is 0 Å². The van der Waals surface area contributed by atoms with Crippen LogP contribution in [-0.4, -0.2) is 62.5 Å². The molecule has 1 aliphatic heterocycles. The molecule has 0 aromatic carbocycles. The van der Waals surface area contributed by atoms with Crippen molar-refractivity contribution in [3.63, 3.8) is 0 Å². The largest absolute Gasteiger partial charge is 0.467 e. The number of amides is 1. The molecule has 0 bridgehead atoms. The van der Waals surface area contributed by atoms with E-state index in [1.807, 2.05) is 0 Å². The number of carbonyl (C=O) groups excluding carboxylic acids is 2. The van der Waals surface area contributed by atoms with E-state index in [9.17, 15) is 9.59 Å². The van der Waals surface area contributed by atoms with Crippen LogP contribution >= 0.6 is 0 Å². The fraction of sp³-hybridized carbons (Fsp3) is 0.778. The van der Waals surface area contributed by atoms with Gasteiger partial charge in [-0.15, -0.1) is 0 Å². The fourth-order valence-corrected chi connectivity index (χ4v) is 1.33. The minimum Gasteiger partial charge on any atom is -0.467 e. The van der Waals surface area contributed by atoms with Crippen molar-refractivity contribution in [3.05, 3.63) is 0 Å². The van der Waals surface area contributed by atoms with Crippen LogP contribution in [-0.2, 0) is 19.1 Å². The van der Waals surface area contributed by atoms with Gasteiger partial charge >= 0.3 is 5.97 Å². The lowest BCUT2D eigenvalue weighted by molar-refractivity contribution is -0.146. The lowest BCUT2D eigenvalue weighted by Crippen LogP contribution is -2.55. The van der Waals surface area contributed by atoms with Crippen molar-refractivity contribution in [1.82, 2.24) is 10.6 Å². The number of esters is 1. The van der Waals surface area contributed by atoms with Crippen LogP contribution in [0.3, 0.4) is 0 Å². The Kier molecular flexibility index (Phi) is 5.17. The topological polar surface area (TPSA) is 96.9 Å². The monoisotopic (exact) mass is 232 g/mol. The molecule has 1 unspecified atom stereocenters. The van der Waals surface area contributed by atoms with Gasteiger partial charge in [-0.05, 0) is 0 Å². The van der Waals surface area contributed by atoms with Gasteiger partial charge in [0.1, 0.15) is 6.04 Å². The average molecular weight is 232 g/mol. The summed E-state index contributed by atoms with van der Waals surface area (Å²) in [6.07, 6.45) is 0. The minimum absolute atomic E-state index is 0.255. The first-order valence-corrected chi connectivity index (χ1v) is 4.99. The van der Waals surface area contributed by atoms with Gasteiger partial charge in [-0.3, -0.25) is 4.79 Å². The molecule has 92 valence electrons. The zero-order valence-corrected chi connectivity index (χ0v) is 9.06. The molecular weight excluding hydrogens is 216 g/mol. The second-order valence-electron chi connectivity index (χ2n) is 3.35. The Labute approximate surface area is 93.1 Å². The van der Waals surface area contributed by atoms with Gasteiger partial charge in [0.2, 0.25) is 5.91 Å². The Hall–Kier alpha value is -1.18. The second-order valence-corrected chi connectivity index (χ2v) is 3.35. The molecule has 7 heteroatoms. The highest BCUT2D eigenvalue weighted by Crippen LogP contribution is 1.95. The number of hydrogen-bond acceptors (Lipinski definition) is 6. The van der Waals surface area contributed by atoms with E-state index >= 15 is 0 Å². The van der Waals surface area contributed by atoms with Crippen molar-refractivity contribution in [1.29, 1.82) is 0 Å². The first-order valence-electron chi connectivity index (χ1n) is 4.99. The first-order chi connectivity index (χ1) is 7.69. The maximum absolute atomic E-state index is 11.6. The third kappa shape index (κ3) is 3.44. The van der Waals surface area contributed by atoms with E-state index in [1.54, 1.807) is 0 Å². The Morgan fingerprint density at radius 1 is 1.69 bits per heavy atom. The molecule has 0 aliphatic carbocycles. The quantitative estimate of drug-likeness (QED) is 0.469. The zero-order valence-electron chi connectivity index (χ0n) is 9.06. The maximum atomic E-state index is 11.6. The van der Waals surface area contributed by atoms with Gasteiger partial charge in [-0.25, -0.2) is 4.79 Å². The van der Waals surface area contributed by atoms with Crippen LogP contribution in [0.15, 0.2) is 0 Å². The maximum Gasteiger partial charge on any atom is 0.330 e. The van der Waals surface area contributed by atoms with Crippen molar-refractivity contribution in [2.45, 2.75) is 12.1 Å². The van der Waals surface area contributed by atoms with Gasteiger partial charge in [-0.2, -0.15) is 0 Å². The molecule has 16 heavy (non-hydrogen) atoms. The normalized spacial score (nSPS) is 22.2. The summed E-state index contributed by atoms with van der Waals surface area (Å²) >= 11 is 0. The van der Waals surface area contributed by atoms with Crippen LogP contribution in [0.1, 0.15) is 0 Å². The number of aliphatic hydroxyl groups is 1. The predicted octanol–water partition coefficient (Wildman–Crippen LogP) is -2.38. The second kappa shape index (κ2) is 6.41. The summed E-state index contributed by atoms with van der Waals surface area (Å²) in [5, 5.41) is 14.2. The van der Waals surface area contributed by atoms with Crippen molar-refractivity contribution >= 4 is 11.9 Å². The molecule has 0 aromatic heterocycles. The number of aliphatic hydroxyl groups excluding tert-OH is 1. The Morgan fingerprint density at radius 3 is 2.94 bits per heavy atom. The molecule has 1 amide bonds. The lowest BCUT2D eigenvalue weighted by atomic mass is 10.2. The number of ether oxygens (including phenoxy) is 2. The van der Waals surface area contributed by atoms with E-state index in [-0.39, 0.29) is 12.5 Å². The predicted molar refractivity (Wildman–Crippen MR) is 53.6 cm³/mol. The Balaban J connectivity index is 2.44. The van der Waals surface area contributed by atoms with Gasteiger partial charge in [0.15, 0.2) is 6.04 Å². The van der Waals surface area contributed by atoms with Gasteiger partial charge in [0.05, 0.1) is 26.9 Å². The Bertz CT molecular complexity index is 252. The van der Waals surface area contributed by atoms with Crippen molar-refractivity contribution in [2.24, 2.45) is 0 Å². The molecule has 1 heterocycles. The van der Waals surface area contributed by atoms with Gasteiger partial charge in [-0.1, -0.05) is 0 Å². The number of hydrogen-bond donors (Lipinski definition) is 3. The first kappa shape index (κ1) is 12.9. The van der Waals surface area contributed by atoms with E-state index in [1.165, 1.54) is 7.11 Å². The molecule has 0 saturated carbocycles. The van der Waals surface area contributed by atoms with Crippen molar-refractivity contribution < 1.29 is 24.2 Å². The summed E-state index contributed by atoms with van der Waals surface area (Å²) in [4.78, 5) is 22.7. The Morgan fingerprint density at radius 2 is 2.44 bits per heavy atom. The molecule has 0 radical (unpaired) electrons. The van der Waals surface area contributed by atoms with Crippen molar-refractivity contribution in [3.8, 4) is 0 Å². The number of rotatable bonds is 4. The van der Waals surface area contributed by atoms with Crippen molar-refractivity contribution in [2.75, 3.05) is 33.5 Å². The van der Waals surface area contributed by atoms with E-state index < -0.39 is 24.7 Å². The van der Waals surface area contributed by atoms with Crippen LogP contribution in [0, 0.1) is 0 Å². The third-order valence-corrected chi connectivity index (χ3v) is 2.22. The molecule has 7 nitrogen and oxygen atoms in total. The molecular formula is C9H16N2O5. The summed E-state index contributed by atoms with van der Waals surface area (Å²) in [5.41, 5.74) is 0. The number of morpholine rings is 1. The number of methoxy groups -OCH3 is 1. The van der Waals surface area contributed by atoms with E-state index in [0.717, 1.165) is 0 Å². The highest BCUT2D eigenvalue weighted by Gasteiger charge is 2.26. The molecule has 1 saturated heterocycles. The number of nitrogens with one attached hydrogen (secondary N) is 2. The molecule has 1 aliphatic rings. The van der Waals surface area contributed by atoms with Crippen LogP contribution < -0.4 is 10.6 Å².